The van der Waals surface area contributed by atoms with E-state index in [1.54, 1.807) is 12.1 Å². The van der Waals surface area contributed by atoms with Crippen LogP contribution in [0.2, 0.25) is 0 Å². The van der Waals surface area contributed by atoms with Crippen LogP contribution in [0, 0.1) is 5.82 Å². The van der Waals surface area contributed by atoms with Gasteiger partial charge in [0.25, 0.3) is 0 Å². The molecule has 1 aromatic carbocycles. The molecule has 0 amide bonds. The van der Waals surface area contributed by atoms with Crippen molar-refractivity contribution in [2.24, 2.45) is 5.84 Å². The zero-order valence-electron chi connectivity index (χ0n) is 10.2. The molecule has 0 atom stereocenters. The number of benzene rings is 1. The predicted molar refractivity (Wildman–Crippen MR) is 68.6 cm³/mol. The summed E-state index contributed by atoms with van der Waals surface area (Å²) in [5, 5.41) is 0. The number of hydrogen-bond acceptors (Lipinski definition) is 5. The number of fused-ring (bicyclic) bond motifs is 1. The number of nitrogens with one attached hydrogen (secondary N) is 1. The van der Waals surface area contributed by atoms with Crippen LogP contribution in [0.15, 0.2) is 24.3 Å². The van der Waals surface area contributed by atoms with Gasteiger partial charge < -0.3 is 10.2 Å². The highest BCUT2D eigenvalue weighted by atomic mass is 19.1. The van der Waals surface area contributed by atoms with Crippen LogP contribution in [-0.4, -0.2) is 16.6 Å². The summed E-state index contributed by atoms with van der Waals surface area (Å²) in [5.74, 6) is 6.30. The molecular weight excluding hydrogens is 247 g/mol. The summed E-state index contributed by atoms with van der Waals surface area (Å²) in [7, 11) is 0. The van der Waals surface area contributed by atoms with Gasteiger partial charge in [-0.3, -0.25) is 0 Å². The van der Waals surface area contributed by atoms with Crippen molar-refractivity contribution >= 4 is 5.82 Å². The lowest BCUT2D eigenvalue weighted by Gasteiger charge is -2.19. The Balaban J connectivity index is 2.09. The van der Waals surface area contributed by atoms with Gasteiger partial charge >= 0.3 is 0 Å². The van der Waals surface area contributed by atoms with Crippen LogP contribution in [-0.2, 0) is 17.8 Å². The Hall–Kier alpha value is -2.05. The van der Waals surface area contributed by atoms with Crippen LogP contribution in [0.3, 0.4) is 0 Å². The molecule has 0 unspecified atom stereocenters. The number of nitrogens with zero attached hydrogens (tertiary/aromatic N) is 2. The van der Waals surface area contributed by atoms with Crippen molar-refractivity contribution < 1.29 is 9.13 Å². The van der Waals surface area contributed by atoms with Crippen LogP contribution in [0.5, 0.6) is 0 Å². The standard InChI is InChI=1S/C13H13FN4O/c14-9-3-1-8(2-4-9)12-16-11-5-6-19-7-10(11)13(17-12)18-15/h1-4H,5-7,15H2,(H,16,17,18). The normalized spacial score (nSPS) is 14.0. The van der Waals surface area contributed by atoms with E-state index in [9.17, 15) is 4.39 Å². The molecule has 1 aliphatic rings. The molecule has 5 nitrogen and oxygen atoms in total. The highest BCUT2D eigenvalue weighted by molar-refractivity contribution is 5.59. The quantitative estimate of drug-likeness (QED) is 0.634. The third kappa shape index (κ3) is 2.27. The van der Waals surface area contributed by atoms with Gasteiger partial charge in [-0.1, -0.05) is 0 Å². The second kappa shape index (κ2) is 4.91. The predicted octanol–water partition coefficient (Wildman–Crippen LogP) is 1.64. The summed E-state index contributed by atoms with van der Waals surface area (Å²) >= 11 is 0. The minimum absolute atomic E-state index is 0.285. The van der Waals surface area contributed by atoms with Crippen molar-refractivity contribution in [3.8, 4) is 11.4 Å². The molecule has 98 valence electrons. The fourth-order valence-electron chi connectivity index (χ4n) is 2.08. The first-order valence-corrected chi connectivity index (χ1v) is 5.98. The molecule has 19 heavy (non-hydrogen) atoms. The third-order valence-corrected chi connectivity index (χ3v) is 3.06. The Labute approximate surface area is 109 Å². The second-order valence-electron chi connectivity index (χ2n) is 4.27. The molecule has 0 saturated carbocycles. The van der Waals surface area contributed by atoms with E-state index in [0.29, 0.717) is 24.9 Å². The lowest BCUT2D eigenvalue weighted by Crippen LogP contribution is -2.19. The van der Waals surface area contributed by atoms with Crippen LogP contribution >= 0.6 is 0 Å². The molecule has 0 bridgehead atoms. The molecular formula is C13H13FN4O. The maximum atomic E-state index is 12.9. The van der Waals surface area contributed by atoms with Crippen molar-refractivity contribution in [2.75, 3.05) is 12.0 Å². The highest BCUT2D eigenvalue weighted by Gasteiger charge is 2.18. The molecule has 3 N–H and O–H groups in total. The molecule has 2 heterocycles. The van der Waals surface area contributed by atoms with Crippen molar-refractivity contribution in [3.05, 3.63) is 41.3 Å². The number of hydrazine groups is 1. The number of rotatable bonds is 2. The summed E-state index contributed by atoms with van der Waals surface area (Å²) in [5.41, 5.74) is 5.14. The van der Waals surface area contributed by atoms with Crippen LogP contribution < -0.4 is 11.3 Å². The smallest absolute Gasteiger partial charge is 0.161 e. The Bertz CT molecular complexity index is 583. The number of anilines is 1. The highest BCUT2D eigenvalue weighted by Crippen LogP contribution is 2.25. The molecule has 0 spiro atoms. The fraction of sp³-hybridized carbons (Fsp3) is 0.231. The van der Waals surface area contributed by atoms with Crippen LogP contribution in [0.25, 0.3) is 11.4 Å². The second-order valence-corrected chi connectivity index (χ2v) is 4.27. The Morgan fingerprint density at radius 1 is 1.21 bits per heavy atom. The SMILES string of the molecule is NNc1nc(-c2ccc(F)cc2)nc2c1COCC2. The van der Waals surface area contributed by atoms with E-state index in [2.05, 4.69) is 15.4 Å². The topological polar surface area (TPSA) is 73.1 Å². The minimum Gasteiger partial charge on any atom is -0.376 e. The van der Waals surface area contributed by atoms with Gasteiger partial charge in [-0.25, -0.2) is 20.2 Å². The summed E-state index contributed by atoms with van der Waals surface area (Å²) in [6.45, 7) is 1.09. The maximum Gasteiger partial charge on any atom is 0.161 e. The lowest BCUT2D eigenvalue weighted by molar-refractivity contribution is 0.109. The number of nitrogens with two attached hydrogens (primary N) is 1. The zero-order valence-corrected chi connectivity index (χ0v) is 10.2. The third-order valence-electron chi connectivity index (χ3n) is 3.06. The summed E-state index contributed by atoms with van der Waals surface area (Å²) in [4.78, 5) is 8.87. The number of ether oxygens (including phenoxy) is 1. The summed E-state index contributed by atoms with van der Waals surface area (Å²) in [6, 6.07) is 6.07. The molecule has 0 radical (unpaired) electrons. The van der Waals surface area contributed by atoms with Gasteiger partial charge in [0.1, 0.15) is 11.6 Å². The number of hydrogen-bond donors (Lipinski definition) is 2. The summed E-state index contributed by atoms with van der Waals surface area (Å²) < 4.78 is 18.3. The van der Waals surface area contributed by atoms with E-state index in [1.165, 1.54) is 12.1 Å². The Morgan fingerprint density at radius 2 is 2.00 bits per heavy atom. The average Bonchev–Trinajstić information content (AvgIpc) is 2.47. The first-order chi connectivity index (χ1) is 9.28. The summed E-state index contributed by atoms with van der Waals surface area (Å²) in [6.07, 6.45) is 0.723. The molecule has 0 fully saturated rings. The fourth-order valence-corrected chi connectivity index (χ4v) is 2.08. The van der Waals surface area contributed by atoms with Crippen molar-refractivity contribution in [3.63, 3.8) is 0 Å². The van der Waals surface area contributed by atoms with E-state index in [4.69, 9.17) is 10.6 Å². The number of aromatic nitrogens is 2. The molecule has 6 heteroatoms. The van der Waals surface area contributed by atoms with Gasteiger partial charge in [-0.2, -0.15) is 0 Å². The number of halogens is 1. The maximum absolute atomic E-state index is 12.9. The number of nitrogen functional groups attached to an aromatic ring is 1. The van der Waals surface area contributed by atoms with Gasteiger partial charge in [0.2, 0.25) is 0 Å². The molecule has 1 aliphatic heterocycles. The van der Waals surface area contributed by atoms with E-state index < -0.39 is 0 Å². The average molecular weight is 260 g/mol. The molecule has 0 aliphatic carbocycles. The zero-order chi connectivity index (χ0) is 13.2. The monoisotopic (exact) mass is 260 g/mol. The van der Waals surface area contributed by atoms with E-state index in [1.807, 2.05) is 0 Å². The van der Waals surface area contributed by atoms with Gasteiger partial charge in [0.15, 0.2) is 5.82 Å². The first kappa shape index (κ1) is 12.0. The van der Waals surface area contributed by atoms with E-state index in [0.717, 1.165) is 23.2 Å². The molecule has 1 aromatic heterocycles. The Kier molecular flexibility index (Phi) is 3.10. The van der Waals surface area contributed by atoms with Crippen molar-refractivity contribution in [1.82, 2.24) is 9.97 Å². The van der Waals surface area contributed by atoms with Crippen molar-refractivity contribution in [1.29, 1.82) is 0 Å². The first-order valence-electron chi connectivity index (χ1n) is 5.98. The van der Waals surface area contributed by atoms with Gasteiger partial charge in [-0.15, -0.1) is 0 Å². The molecule has 2 aromatic rings. The van der Waals surface area contributed by atoms with Gasteiger partial charge in [-0.05, 0) is 24.3 Å². The molecule has 0 saturated heterocycles. The minimum atomic E-state index is -0.285. The van der Waals surface area contributed by atoms with Crippen molar-refractivity contribution in [2.45, 2.75) is 13.0 Å². The van der Waals surface area contributed by atoms with Crippen LogP contribution in [0.1, 0.15) is 11.3 Å². The van der Waals surface area contributed by atoms with Gasteiger partial charge in [0, 0.05) is 17.5 Å². The Morgan fingerprint density at radius 3 is 2.74 bits per heavy atom. The van der Waals surface area contributed by atoms with Gasteiger partial charge in [0.05, 0.1) is 18.9 Å². The van der Waals surface area contributed by atoms with E-state index in [-0.39, 0.29) is 5.82 Å². The van der Waals surface area contributed by atoms with E-state index >= 15 is 0 Å². The van der Waals surface area contributed by atoms with Crippen LogP contribution in [0.4, 0.5) is 10.2 Å². The molecule has 3 rings (SSSR count). The lowest BCUT2D eigenvalue weighted by atomic mass is 10.1. The largest absolute Gasteiger partial charge is 0.376 e.